The first-order valence-corrected chi connectivity index (χ1v) is 6.30. The Kier molecular flexibility index (Phi) is 4.53. The summed E-state index contributed by atoms with van der Waals surface area (Å²) in [6, 6.07) is 2.23. The van der Waals surface area contributed by atoms with Crippen LogP contribution in [-0.2, 0) is 6.54 Å². The van der Waals surface area contributed by atoms with Crippen LogP contribution in [-0.4, -0.2) is 58.9 Å². The van der Waals surface area contributed by atoms with Crippen LogP contribution in [0, 0.1) is 0 Å². The van der Waals surface area contributed by atoms with Gasteiger partial charge in [0.15, 0.2) is 0 Å². The Morgan fingerprint density at radius 2 is 2.18 bits per heavy atom. The fourth-order valence-corrected chi connectivity index (χ4v) is 2.34. The molecule has 1 atom stereocenters. The molecule has 1 aromatic rings. The van der Waals surface area contributed by atoms with Crippen molar-refractivity contribution in [2.24, 2.45) is 0 Å². The minimum absolute atomic E-state index is 0.264. The van der Waals surface area contributed by atoms with E-state index in [1.807, 2.05) is 6.07 Å². The Balaban J connectivity index is 1.78. The highest BCUT2D eigenvalue weighted by Gasteiger charge is 2.22. The van der Waals surface area contributed by atoms with Gasteiger partial charge in [-0.25, -0.2) is 0 Å². The molecule has 0 aromatic carbocycles. The van der Waals surface area contributed by atoms with E-state index in [4.69, 9.17) is 4.52 Å². The largest absolute Gasteiger partial charge is 0.395 e. The summed E-state index contributed by atoms with van der Waals surface area (Å²) in [4.78, 5) is 4.75. The maximum atomic E-state index is 9.27. The van der Waals surface area contributed by atoms with Gasteiger partial charge in [-0.15, -0.1) is 0 Å². The summed E-state index contributed by atoms with van der Waals surface area (Å²) in [6.07, 6.45) is 2.63. The molecule has 0 spiro atoms. The lowest BCUT2D eigenvalue weighted by molar-refractivity contribution is 0.0600. The lowest BCUT2D eigenvalue weighted by Gasteiger charge is -2.38. The first-order valence-electron chi connectivity index (χ1n) is 6.30. The lowest BCUT2D eigenvalue weighted by Crippen LogP contribution is -2.50. The number of piperazine rings is 1. The molecule has 2 heterocycles. The second kappa shape index (κ2) is 6.14. The molecule has 0 saturated carbocycles. The van der Waals surface area contributed by atoms with Crippen molar-refractivity contribution in [2.45, 2.75) is 25.9 Å². The van der Waals surface area contributed by atoms with Crippen LogP contribution in [0.2, 0.25) is 0 Å². The summed E-state index contributed by atoms with van der Waals surface area (Å²) in [5, 5.41) is 13.2. The molecule has 1 fully saturated rings. The van der Waals surface area contributed by atoms with Crippen LogP contribution in [0.25, 0.3) is 0 Å². The van der Waals surface area contributed by atoms with E-state index in [9.17, 15) is 5.11 Å². The fourth-order valence-electron chi connectivity index (χ4n) is 2.34. The van der Waals surface area contributed by atoms with Gasteiger partial charge in [0.05, 0.1) is 12.3 Å². The second-order valence-corrected chi connectivity index (χ2v) is 4.55. The van der Waals surface area contributed by atoms with E-state index in [0.717, 1.165) is 44.8 Å². The quantitative estimate of drug-likeness (QED) is 0.814. The molecule has 0 radical (unpaired) electrons. The zero-order chi connectivity index (χ0) is 12.1. The van der Waals surface area contributed by atoms with Gasteiger partial charge in [-0.2, -0.15) is 0 Å². The number of aliphatic hydroxyl groups is 1. The third-order valence-corrected chi connectivity index (χ3v) is 3.48. The van der Waals surface area contributed by atoms with Gasteiger partial charge in [-0.3, -0.25) is 9.80 Å². The molecule has 5 heteroatoms. The van der Waals surface area contributed by atoms with E-state index in [-0.39, 0.29) is 6.61 Å². The molecule has 5 nitrogen and oxygen atoms in total. The van der Waals surface area contributed by atoms with Gasteiger partial charge in [-0.05, 0) is 6.42 Å². The van der Waals surface area contributed by atoms with E-state index in [0.29, 0.717) is 6.04 Å². The molecular weight excluding hydrogens is 218 g/mol. The number of aromatic nitrogens is 1. The maximum Gasteiger partial charge on any atom is 0.124 e. The van der Waals surface area contributed by atoms with Crippen molar-refractivity contribution in [1.82, 2.24) is 15.0 Å². The highest BCUT2D eigenvalue weighted by Crippen LogP contribution is 2.11. The molecular formula is C12H21N3O2. The average molecular weight is 239 g/mol. The van der Waals surface area contributed by atoms with E-state index in [1.165, 1.54) is 0 Å². The Hall–Kier alpha value is -0.910. The topological polar surface area (TPSA) is 52.7 Å². The predicted molar refractivity (Wildman–Crippen MR) is 64.5 cm³/mol. The zero-order valence-corrected chi connectivity index (χ0v) is 10.4. The van der Waals surface area contributed by atoms with Crippen molar-refractivity contribution in [3.05, 3.63) is 18.0 Å². The second-order valence-electron chi connectivity index (χ2n) is 4.55. The van der Waals surface area contributed by atoms with Gasteiger partial charge in [0.1, 0.15) is 6.26 Å². The molecule has 1 aromatic heterocycles. The molecule has 1 N–H and O–H groups in total. The summed E-state index contributed by atoms with van der Waals surface area (Å²) < 4.78 is 4.83. The summed E-state index contributed by atoms with van der Waals surface area (Å²) in [5.41, 5.74) is 0.993. The molecule has 1 saturated heterocycles. The zero-order valence-electron chi connectivity index (χ0n) is 10.4. The average Bonchev–Trinajstić information content (AvgIpc) is 2.86. The number of nitrogens with zero attached hydrogens (tertiary/aromatic N) is 3. The standard InChI is InChI=1S/C12H21N3O2/c1-2-12(10-16)15-6-4-14(5-7-15)9-11-3-8-17-13-11/h3,8,12,16H,2,4-7,9-10H2,1H3. The molecule has 0 bridgehead atoms. The van der Waals surface area contributed by atoms with Crippen LogP contribution in [0.4, 0.5) is 0 Å². The third kappa shape index (κ3) is 3.28. The molecule has 0 amide bonds. The van der Waals surface area contributed by atoms with Gasteiger partial charge < -0.3 is 9.63 Å². The molecule has 1 aliphatic rings. The van der Waals surface area contributed by atoms with E-state index < -0.39 is 0 Å². The van der Waals surface area contributed by atoms with Crippen LogP contribution >= 0.6 is 0 Å². The van der Waals surface area contributed by atoms with Crippen LogP contribution in [0.5, 0.6) is 0 Å². The predicted octanol–water partition coefficient (Wildman–Crippen LogP) is 0.563. The molecule has 0 aliphatic carbocycles. The van der Waals surface area contributed by atoms with Gasteiger partial charge in [0.2, 0.25) is 0 Å². The Morgan fingerprint density at radius 3 is 2.71 bits per heavy atom. The third-order valence-electron chi connectivity index (χ3n) is 3.48. The van der Waals surface area contributed by atoms with Gasteiger partial charge in [0.25, 0.3) is 0 Å². The first-order chi connectivity index (χ1) is 8.33. The summed E-state index contributed by atoms with van der Waals surface area (Å²) in [7, 11) is 0. The number of rotatable bonds is 5. The van der Waals surface area contributed by atoms with Crippen LogP contribution in [0.15, 0.2) is 16.9 Å². The highest BCUT2D eigenvalue weighted by molar-refractivity contribution is 4.95. The number of hydrogen-bond acceptors (Lipinski definition) is 5. The van der Waals surface area contributed by atoms with Crippen molar-refractivity contribution in [3.8, 4) is 0 Å². The van der Waals surface area contributed by atoms with Crippen LogP contribution < -0.4 is 0 Å². The summed E-state index contributed by atoms with van der Waals surface area (Å²) in [5.74, 6) is 0. The summed E-state index contributed by atoms with van der Waals surface area (Å²) >= 11 is 0. The summed E-state index contributed by atoms with van der Waals surface area (Å²) in [6.45, 7) is 7.36. The molecule has 2 rings (SSSR count). The van der Waals surface area contributed by atoms with Gasteiger partial charge in [0, 0.05) is 44.8 Å². The molecule has 1 aliphatic heterocycles. The van der Waals surface area contributed by atoms with Gasteiger partial charge in [-0.1, -0.05) is 12.1 Å². The van der Waals surface area contributed by atoms with E-state index in [2.05, 4.69) is 21.9 Å². The SMILES string of the molecule is CCC(CO)N1CCN(Cc2ccon2)CC1. The van der Waals surface area contributed by atoms with E-state index in [1.54, 1.807) is 6.26 Å². The molecule has 1 unspecified atom stereocenters. The maximum absolute atomic E-state index is 9.27. The minimum Gasteiger partial charge on any atom is -0.395 e. The smallest absolute Gasteiger partial charge is 0.124 e. The highest BCUT2D eigenvalue weighted by atomic mass is 16.5. The molecule has 17 heavy (non-hydrogen) atoms. The van der Waals surface area contributed by atoms with E-state index >= 15 is 0 Å². The molecule has 96 valence electrons. The van der Waals surface area contributed by atoms with Crippen LogP contribution in [0.1, 0.15) is 19.0 Å². The number of hydrogen-bond donors (Lipinski definition) is 1. The van der Waals surface area contributed by atoms with Crippen molar-refractivity contribution < 1.29 is 9.63 Å². The Morgan fingerprint density at radius 1 is 1.41 bits per heavy atom. The van der Waals surface area contributed by atoms with Crippen LogP contribution in [0.3, 0.4) is 0 Å². The monoisotopic (exact) mass is 239 g/mol. The Labute approximate surface area is 102 Å². The van der Waals surface area contributed by atoms with Crippen molar-refractivity contribution >= 4 is 0 Å². The number of aliphatic hydroxyl groups excluding tert-OH is 1. The normalized spacial score (nSPS) is 20.6. The van der Waals surface area contributed by atoms with Gasteiger partial charge >= 0.3 is 0 Å². The van der Waals surface area contributed by atoms with Crippen molar-refractivity contribution in [3.63, 3.8) is 0 Å². The minimum atomic E-state index is 0.264. The first kappa shape index (κ1) is 12.5. The van der Waals surface area contributed by atoms with Crippen molar-refractivity contribution in [2.75, 3.05) is 32.8 Å². The van der Waals surface area contributed by atoms with Crippen molar-refractivity contribution in [1.29, 1.82) is 0 Å². The Bertz CT molecular complexity index is 304. The lowest BCUT2D eigenvalue weighted by atomic mass is 10.1. The fraction of sp³-hybridized carbons (Fsp3) is 0.750.